The number of nitrogens with zero attached hydrogens (tertiary/aromatic N) is 3. The summed E-state index contributed by atoms with van der Waals surface area (Å²) in [4.78, 5) is 12.4. The summed E-state index contributed by atoms with van der Waals surface area (Å²) in [5.41, 5.74) is 2.44. The van der Waals surface area contributed by atoms with Crippen LogP contribution in [0.1, 0.15) is 21.7 Å². The molecule has 0 aliphatic heterocycles. The van der Waals surface area contributed by atoms with Crippen LogP contribution in [-0.4, -0.2) is 20.8 Å². The highest BCUT2D eigenvalue weighted by Gasteiger charge is 2.15. The number of hydrogen-bond acceptors (Lipinski definition) is 3. The van der Waals surface area contributed by atoms with E-state index in [-0.39, 0.29) is 11.5 Å². The van der Waals surface area contributed by atoms with Gasteiger partial charge in [-0.25, -0.2) is 4.68 Å². The van der Waals surface area contributed by atoms with E-state index in [4.69, 9.17) is 34.8 Å². The molecule has 7 heteroatoms. The highest BCUT2D eigenvalue weighted by atomic mass is 35.5. The third-order valence-electron chi connectivity index (χ3n) is 3.57. The van der Waals surface area contributed by atoms with Gasteiger partial charge < -0.3 is 0 Å². The molecule has 0 spiro atoms. The van der Waals surface area contributed by atoms with Crippen molar-refractivity contribution in [2.45, 2.75) is 6.92 Å². The van der Waals surface area contributed by atoms with Crippen LogP contribution in [0, 0.1) is 6.92 Å². The number of ketones is 1. The molecule has 0 unspecified atom stereocenters. The van der Waals surface area contributed by atoms with Crippen LogP contribution in [0.5, 0.6) is 0 Å². The van der Waals surface area contributed by atoms with Crippen molar-refractivity contribution in [1.29, 1.82) is 0 Å². The molecule has 4 nitrogen and oxygen atoms in total. The second-order valence-corrected chi connectivity index (χ2v) is 6.53. The van der Waals surface area contributed by atoms with Gasteiger partial charge in [-0.2, -0.15) is 0 Å². The number of hydrogen-bond donors (Lipinski definition) is 0. The zero-order chi connectivity index (χ0) is 18.0. The van der Waals surface area contributed by atoms with Crippen molar-refractivity contribution in [1.82, 2.24) is 15.0 Å². The molecule has 0 amide bonds. The molecule has 0 fully saturated rings. The molecule has 0 saturated carbocycles. The number of carbonyl (C=O) groups excluding carboxylic acids is 1. The zero-order valence-electron chi connectivity index (χ0n) is 13.1. The van der Waals surface area contributed by atoms with Gasteiger partial charge in [0.25, 0.3) is 0 Å². The van der Waals surface area contributed by atoms with E-state index in [2.05, 4.69) is 10.3 Å². The molecule has 2 aromatic carbocycles. The molecule has 1 aromatic heterocycles. The Balaban J connectivity index is 1.86. The predicted molar refractivity (Wildman–Crippen MR) is 101 cm³/mol. The van der Waals surface area contributed by atoms with E-state index in [1.54, 1.807) is 48.0 Å². The minimum atomic E-state index is -0.237. The van der Waals surface area contributed by atoms with Gasteiger partial charge >= 0.3 is 0 Å². The van der Waals surface area contributed by atoms with Crippen LogP contribution in [0.25, 0.3) is 11.8 Å². The molecule has 0 aliphatic carbocycles. The molecule has 3 rings (SSSR count). The summed E-state index contributed by atoms with van der Waals surface area (Å²) in [6, 6.07) is 12.3. The summed E-state index contributed by atoms with van der Waals surface area (Å²) >= 11 is 17.8. The number of carbonyl (C=O) groups is 1. The van der Waals surface area contributed by atoms with Gasteiger partial charge in [-0.3, -0.25) is 4.79 Å². The first kappa shape index (κ1) is 17.7. The molecule has 25 heavy (non-hydrogen) atoms. The molecule has 0 saturated heterocycles. The van der Waals surface area contributed by atoms with Crippen molar-refractivity contribution in [3.8, 4) is 5.69 Å². The molecule has 0 N–H and O–H groups in total. The van der Waals surface area contributed by atoms with Crippen LogP contribution in [0.3, 0.4) is 0 Å². The Morgan fingerprint density at radius 2 is 1.76 bits per heavy atom. The first-order chi connectivity index (χ1) is 12.0. The monoisotopic (exact) mass is 391 g/mol. The molecule has 0 bridgehead atoms. The van der Waals surface area contributed by atoms with Gasteiger partial charge in [-0.05, 0) is 48.9 Å². The Bertz CT molecular complexity index is 962. The van der Waals surface area contributed by atoms with E-state index >= 15 is 0 Å². The molecule has 0 aliphatic rings. The van der Waals surface area contributed by atoms with E-state index in [9.17, 15) is 4.79 Å². The summed E-state index contributed by atoms with van der Waals surface area (Å²) in [5, 5.41) is 9.52. The van der Waals surface area contributed by atoms with Crippen molar-refractivity contribution >= 4 is 46.7 Å². The fraction of sp³-hybridized carbons (Fsp3) is 0.0556. The Morgan fingerprint density at radius 3 is 2.44 bits per heavy atom. The van der Waals surface area contributed by atoms with E-state index < -0.39 is 0 Å². The van der Waals surface area contributed by atoms with Gasteiger partial charge in [-0.1, -0.05) is 58.2 Å². The minimum absolute atomic E-state index is 0.237. The lowest BCUT2D eigenvalue weighted by Crippen LogP contribution is -2.02. The van der Waals surface area contributed by atoms with Crippen LogP contribution in [-0.2, 0) is 0 Å². The first-order valence-electron chi connectivity index (χ1n) is 7.31. The second-order valence-electron chi connectivity index (χ2n) is 5.28. The zero-order valence-corrected chi connectivity index (χ0v) is 15.3. The molecule has 0 atom stereocenters. The number of halogens is 3. The van der Waals surface area contributed by atoms with E-state index in [0.29, 0.717) is 26.4 Å². The average Bonchev–Trinajstić information content (AvgIpc) is 2.98. The normalized spacial score (nSPS) is 11.2. The lowest BCUT2D eigenvalue weighted by atomic mass is 10.1. The van der Waals surface area contributed by atoms with Crippen LogP contribution < -0.4 is 0 Å². The lowest BCUT2D eigenvalue weighted by molar-refractivity contribution is 0.104. The first-order valence-corrected chi connectivity index (χ1v) is 8.45. The number of benzene rings is 2. The topological polar surface area (TPSA) is 47.8 Å². The summed E-state index contributed by atoms with van der Waals surface area (Å²) < 4.78 is 1.55. The van der Waals surface area contributed by atoms with Crippen LogP contribution in [0.4, 0.5) is 0 Å². The Morgan fingerprint density at radius 1 is 1.04 bits per heavy atom. The van der Waals surface area contributed by atoms with Crippen molar-refractivity contribution in [2.75, 3.05) is 0 Å². The van der Waals surface area contributed by atoms with Gasteiger partial charge in [0, 0.05) is 5.02 Å². The molecule has 0 radical (unpaired) electrons. The van der Waals surface area contributed by atoms with Gasteiger partial charge in [0.1, 0.15) is 0 Å². The maximum Gasteiger partial charge on any atom is 0.208 e. The van der Waals surface area contributed by atoms with E-state index in [0.717, 1.165) is 5.56 Å². The van der Waals surface area contributed by atoms with Crippen LogP contribution in [0.2, 0.25) is 15.1 Å². The molecular formula is C18H12Cl3N3O. The van der Waals surface area contributed by atoms with Crippen molar-refractivity contribution in [3.63, 3.8) is 0 Å². The van der Waals surface area contributed by atoms with Gasteiger partial charge in [-0.15, -0.1) is 5.10 Å². The predicted octanol–water partition coefficient (Wildman–Crippen LogP) is 5.43. The third-order valence-corrected chi connectivity index (χ3v) is 4.56. The summed E-state index contributed by atoms with van der Waals surface area (Å²) in [6.07, 6.45) is 3.16. The highest BCUT2D eigenvalue weighted by Crippen LogP contribution is 2.25. The fourth-order valence-corrected chi connectivity index (χ4v) is 2.66. The summed E-state index contributed by atoms with van der Waals surface area (Å²) in [6.45, 7) is 1.77. The molecular weight excluding hydrogens is 381 g/mol. The fourth-order valence-electron chi connectivity index (χ4n) is 2.24. The Hall–Kier alpha value is -2.14. The van der Waals surface area contributed by atoms with Gasteiger partial charge in [0.2, 0.25) is 5.78 Å². The summed E-state index contributed by atoms with van der Waals surface area (Å²) in [5.74, 6) is -0.237. The molecule has 1 heterocycles. The quantitative estimate of drug-likeness (QED) is 0.439. The molecule has 3 aromatic rings. The van der Waals surface area contributed by atoms with Crippen LogP contribution in [0.15, 0.2) is 48.5 Å². The number of rotatable bonds is 4. The van der Waals surface area contributed by atoms with Crippen molar-refractivity contribution in [3.05, 3.63) is 80.6 Å². The standard InChI is InChI=1S/C18H12Cl3N3O/c1-11-18(17(25)9-4-12-2-5-13(19)6-3-12)22-23-24(11)14-7-8-15(20)16(21)10-14/h2-10H,1H3/b9-4+. The smallest absolute Gasteiger partial charge is 0.208 e. The SMILES string of the molecule is Cc1c(C(=O)/C=C/c2ccc(Cl)cc2)nnn1-c1ccc(Cl)c(Cl)c1. The maximum absolute atomic E-state index is 12.4. The van der Waals surface area contributed by atoms with E-state index in [1.165, 1.54) is 6.08 Å². The highest BCUT2D eigenvalue weighted by molar-refractivity contribution is 6.42. The second kappa shape index (κ2) is 7.40. The Kier molecular flexibility index (Phi) is 5.23. The average molecular weight is 393 g/mol. The Labute approximate surface area is 159 Å². The number of aromatic nitrogens is 3. The largest absolute Gasteiger partial charge is 0.287 e. The van der Waals surface area contributed by atoms with Gasteiger partial charge in [0.05, 0.1) is 21.4 Å². The van der Waals surface area contributed by atoms with Crippen molar-refractivity contribution in [2.24, 2.45) is 0 Å². The summed E-state index contributed by atoms with van der Waals surface area (Å²) in [7, 11) is 0. The lowest BCUT2D eigenvalue weighted by Gasteiger charge is -2.04. The van der Waals surface area contributed by atoms with Crippen LogP contribution >= 0.6 is 34.8 Å². The third kappa shape index (κ3) is 3.93. The number of allylic oxidation sites excluding steroid dienone is 1. The van der Waals surface area contributed by atoms with Crippen molar-refractivity contribution < 1.29 is 4.79 Å². The minimum Gasteiger partial charge on any atom is -0.287 e. The van der Waals surface area contributed by atoms with Gasteiger partial charge in [0.15, 0.2) is 5.69 Å². The molecule has 126 valence electrons. The maximum atomic E-state index is 12.4. The van der Waals surface area contributed by atoms with E-state index in [1.807, 2.05) is 12.1 Å².